The van der Waals surface area contributed by atoms with Crippen LogP contribution in [-0.4, -0.2) is 13.2 Å². The van der Waals surface area contributed by atoms with Gasteiger partial charge in [0.15, 0.2) is 9.84 Å². The molecule has 0 radical (unpaired) electrons. The van der Waals surface area contributed by atoms with Gasteiger partial charge in [0.05, 0.1) is 9.64 Å². The van der Waals surface area contributed by atoms with E-state index in [-0.39, 0.29) is 5.82 Å². The molecule has 0 aliphatic rings. The van der Waals surface area contributed by atoms with Crippen molar-refractivity contribution >= 4 is 9.84 Å². The van der Waals surface area contributed by atoms with Crippen molar-refractivity contribution in [1.82, 2.24) is 0 Å². The molecule has 0 atom stereocenters. The minimum atomic E-state index is -3.34. The third kappa shape index (κ3) is 2.75. The van der Waals surface area contributed by atoms with Crippen molar-refractivity contribution in [2.24, 2.45) is 0 Å². The van der Waals surface area contributed by atoms with Crippen LogP contribution in [0.5, 0.6) is 0 Å². The summed E-state index contributed by atoms with van der Waals surface area (Å²) in [5, 5.41) is 0. The van der Waals surface area contributed by atoms with Gasteiger partial charge in [0.1, 0.15) is 5.82 Å². The average Bonchev–Trinajstić information content (AvgIpc) is 2.38. The number of halogens is 1. The second-order valence-corrected chi connectivity index (χ2v) is 8.35. The van der Waals surface area contributed by atoms with Crippen LogP contribution in [0.1, 0.15) is 20.8 Å². The molecule has 2 nitrogen and oxygen atoms in total. The smallest absolute Gasteiger partial charge is 0.183 e. The number of sulfone groups is 1. The molecule has 2 aromatic rings. The Balaban J connectivity index is 2.39. The summed E-state index contributed by atoms with van der Waals surface area (Å²) >= 11 is 0. The minimum Gasteiger partial charge on any atom is -0.223 e. The Kier molecular flexibility index (Phi) is 3.69. The van der Waals surface area contributed by atoms with Crippen molar-refractivity contribution in [2.45, 2.75) is 30.4 Å². The molecule has 0 bridgehead atoms. The molecule has 4 heteroatoms. The molecule has 0 saturated carbocycles. The molecule has 0 saturated heterocycles. The van der Waals surface area contributed by atoms with E-state index in [4.69, 9.17) is 0 Å². The lowest BCUT2D eigenvalue weighted by Gasteiger charge is -2.19. The first-order valence-electron chi connectivity index (χ1n) is 6.32. The first-order chi connectivity index (χ1) is 9.22. The van der Waals surface area contributed by atoms with E-state index in [0.29, 0.717) is 4.90 Å². The summed E-state index contributed by atoms with van der Waals surface area (Å²) in [7, 11) is -3.34. The van der Waals surface area contributed by atoms with Crippen molar-refractivity contribution in [1.29, 1.82) is 0 Å². The van der Waals surface area contributed by atoms with Crippen LogP contribution in [0.4, 0.5) is 4.39 Å². The molecule has 0 unspecified atom stereocenters. The van der Waals surface area contributed by atoms with Gasteiger partial charge in [-0.3, -0.25) is 0 Å². The van der Waals surface area contributed by atoms with Crippen LogP contribution in [0.3, 0.4) is 0 Å². The molecule has 0 aliphatic heterocycles. The van der Waals surface area contributed by atoms with Gasteiger partial charge in [0, 0.05) is 0 Å². The van der Waals surface area contributed by atoms with Crippen molar-refractivity contribution in [2.75, 3.05) is 0 Å². The van der Waals surface area contributed by atoms with Crippen molar-refractivity contribution in [3.8, 4) is 11.1 Å². The lowest BCUT2D eigenvalue weighted by molar-refractivity contribution is 0.560. The molecule has 2 aromatic carbocycles. The maximum atomic E-state index is 12.9. The van der Waals surface area contributed by atoms with Gasteiger partial charge < -0.3 is 0 Å². The van der Waals surface area contributed by atoms with Gasteiger partial charge in [0.2, 0.25) is 0 Å². The Morgan fingerprint density at radius 3 is 1.60 bits per heavy atom. The summed E-state index contributed by atoms with van der Waals surface area (Å²) in [4.78, 5) is 0.302. The topological polar surface area (TPSA) is 34.1 Å². The van der Waals surface area contributed by atoms with Crippen LogP contribution in [-0.2, 0) is 9.84 Å². The maximum absolute atomic E-state index is 12.9. The third-order valence-electron chi connectivity index (χ3n) is 3.15. The monoisotopic (exact) mass is 292 g/mol. The van der Waals surface area contributed by atoms with E-state index >= 15 is 0 Å². The highest BCUT2D eigenvalue weighted by atomic mass is 32.2. The van der Waals surface area contributed by atoms with Gasteiger partial charge in [-0.25, -0.2) is 12.8 Å². The SMILES string of the molecule is CC(C)(C)S(=O)(=O)c1ccc(-c2ccc(F)cc2)cc1. The maximum Gasteiger partial charge on any atom is 0.183 e. The highest BCUT2D eigenvalue weighted by Gasteiger charge is 2.30. The molecule has 20 heavy (non-hydrogen) atoms. The lowest BCUT2D eigenvalue weighted by atomic mass is 10.1. The number of hydrogen-bond acceptors (Lipinski definition) is 2. The Bertz CT molecular complexity index is 694. The van der Waals surface area contributed by atoms with Gasteiger partial charge in [-0.05, 0) is 56.2 Å². The van der Waals surface area contributed by atoms with Crippen LogP contribution in [0.25, 0.3) is 11.1 Å². The fraction of sp³-hybridized carbons (Fsp3) is 0.250. The zero-order valence-electron chi connectivity index (χ0n) is 11.7. The Labute approximate surface area is 119 Å². The number of rotatable bonds is 2. The highest BCUT2D eigenvalue weighted by molar-refractivity contribution is 7.92. The largest absolute Gasteiger partial charge is 0.223 e. The summed E-state index contributed by atoms with van der Waals surface area (Å²) < 4.78 is 36.6. The number of hydrogen-bond donors (Lipinski definition) is 0. The van der Waals surface area contributed by atoms with E-state index in [0.717, 1.165) is 11.1 Å². The zero-order valence-corrected chi connectivity index (χ0v) is 12.5. The van der Waals surface area contributed by atoms with Gasteiger partial charge in [-0.15, -0.1) is 0 Å². The molecule has 2 rings (SSSR count). The Hall–Kier alpha value is -1.68. The van der Waals surface area contributed by atoms with Crippen LogP contribution >= 0.6 is 0 Å². The molecule has 0 aliphatic carbocycles. The van der Waals surface area contributed by atoms with Crippen LogP contribution in [0.2, 0.25) is 0 Å². The molecule has 0 heterocycles. The molecule has 106 valence electrons. The van der Waals surface area contributed by atoms with Gasteiger partial charge in [-0.1, -0.05) is 24.3 Å². The minimum absolute atomic E-state index is 0.291. The lowest BCUT2D eigenvalue weighted by Crippen LogP contribution is -2.27. The van der Waals surface area contributed by atoms with Crippen molar-refractivity contribution in [3.63, 3.8) is 0 Å². The summed E-state index contributed by atoms with van der Waals surface area (Å²) in [5.74, 6) is -0.291. The van der Waals surface area contributed by atoms with Crippen LogP contribution in [0, 0.1) is 5.82 Å². The van der Waals surface area contributed by atoms with Crippen molar-refractivity contribution < 1.29 is 12.8 Å². The first kappa shape index (κ1) is 14.7. The second-order valence-electron chi connectivity index (χ2n) is 5.65. The van der Waals surface area contributed by atoms with Crippen molar-refractivity contribution in [3.05, 3.63) is 54.3 Å². The highest BCUT2D eigenvalue weighted by Crippen LogP contribution is 2.27. The molecular formula is C16H17FO2S. The predicted molar refractivity (Wildman–Crippen MR) is 78.8 cm³/mol. The molecule has 0 fully saturated rings. The standard InChI is InChI=1S/C16H17FO2S/c1-16(2,3)20(18,19)15-10-6-13(7-11-15)12-4-8-14(17)9-5-12/h4-11H,1-3H3. The predicted octanol–water partition coefficient (Wildman–Crippen LogP) is 4.06. The Morgan fingerprint density at radius 1 is 0.800 bits per heavy atom. The first-order valence-corrected chi connectivity index (χ1v) is 7.81. The van der Waals surface area contributed by atoms with Gasteiger partial charge in [-0.2, -0.15) is 0 Å². The van der Waals surface area contributed by atoms with E-state index in [2.05, 4.69) is 0 Å². The third-order valence-corrected chi connectivity index (χ3v) is 5.65. The zero-order chi connectivity index (χ0) is 15.0. The summed E-state index contributed by atoms with van der Waals surface area (Å²) in [6, 6.07) is 12.8. The second kappa shape index (κ2) is 5.02. The van der Waals surface area contributed by atoms with E-state index in [9.17, 15) is 12.8 Å². The molecule has 0 N–H and O–H groups in total. The fourth-order valence-corrected chi connectivity index (χ4v) is 3.02. The number of benzene rings is 2. The molecule has 0 amide bonds. The summed E-state index contributed by atoms with van der Waals surface area (Å²) in [6.07, 6.45) is 0. The molecular weight excluding hydrogens is 275 g/mol. The van der Waals surface area contributed by atoms with E-state index in [1.165, 1.54) is 12.1 Å². The fourth-order valence-electron chi connectivity index (χ4n) is 1.82. The van der Waals surface area contributed by atoms with E-state index < -0.39 is 14.6 Å². The summed E-state index contributed by atoms with van der Waals surface area (Å²) in [5.41, 5.74) is 1.71. The normalized spacial score (nSPS) is 12.4. The van der Waals surface area contributed by atoms with Gasteiger partial charge >= 0.3 is 0 Å². The molecule has 0 aromatic heterocycles. The van der Waals surface area contributed by atoms with Crippen LogP contribution < -0.4 is 0 Å². The van der Waals surface area contributed by atoms with Gasteiger partial charge in [0.25, 0.3) is 0 Å². The average molecular weight is 292 g/mol. The molecule has 0 spiro atoms. The van der Waals surface area contributed by atoms with E-state index in [1.807, 2.05) is 0 Å². The van der Waals surface area contributed by atoms with E-state index in [1.54, 1.807) is 57.2 Å². The van der Waals surface area contributed by atoms with Crippen LogP contribution in [0.15, 0.2) is 53.4 Å². The quantitative estimate of drug-likeness (QED) is 0.836. The summed E-state index contributed by atoms with van der Waals surface area (Å²) in [6.45, 7) is 5.03. The Morgan fingerprint density at radius 2 is 1.20 bits per heavy atom.